The molecule has 0 amide bonds. The third-order valence-corrected chi connectivity index (χ3v) is 3.19. The quantitative estimate of drug-likeness (QED) is 0.567. The first-order valence-corrected chi connectivity index (χ1v) is 4.76. The Hall–Kier alpha value is -0.130. The van der Waals surface area contributed by atoms with Gasteiger partial charge in [0.05, 0.1) is 6.10 Å². The maximum Gasteiger partial charge on any atom is 0.214 e. The highest BCUT2D eigenvalue weighted by molar-refractivity contribution is 7.89. The highest BCUT2D eigenvalue weighted by Crippen LogP contribution is 2.18. The van der Waals surface area contributed by atoms with Crippen molar-refractivity contribution < 1.29 is 13.2 Å². The van der Waals surface area contributed by atoms with Crippen molar-refractivity contribution in [3.8, 4) is 0 Å². The van der Waals surface area contributed by atoms with Crippen molar-refractivity contribution in [2.24, 2.45) is 5.14 Å². The third kappa shape index (κ3) is 1.47. The molecule has 60 valence electrons. The van der Waals surface area contributed by atoms with Crippen LogP contribution >= 0.6 is 0 Å². The Bertz CT molecular complexity index is 211. The van der Waals surface area contributed by atoms with Crippen molar-refractivity contribution in [3.05, 3.63) is 0 Å². The zero-order chi connectivity index (χ0) is 7.78. The van der Waals surface area contributed by atoms with Crippen molar-refractivity contribution in [2.45, 2.75) is 24.7 Å². The fourth-order valence-corrected chi connectivity index (χ4v) is 2.18. The summed E-state index contributed by atoms with van der Waals surface area (Å²) in [6.07, 6.45) is 0.287. The lowest BCUT2D eigenvalue weighted by Gasteiger charge is -2.09. The van der Waals surface area contributed by atoms with Crippen LogP contribution in [0.25, 0.3) is 0 Å². The van der Waals surface area contributed by atoms with Crippen LogP contribution in [0.2, 0.25) is 0 Å². The van der Waals surface area contributed by atoms with E-state index in [1.807, 2.05) is 0 Å². The lowest BCUT2D eigenvalue weighted by Crippen LogP contribution is -2.33. The topological polar surface area (TPSA) is 69.4 Å². The molecule has 0 radical (unpaired) electrons. The molecule has 0 spiro atoms. The highest BCUT2D eigenvalue weighted by atomic mass is 32.2. The molecule has 0 aromatic rings. The molecule has 0 saturated carbocycles. The Labute approximate surface area is 60.4 Å². The first kappa shape index (κ1) is 7.97. The summed E-state index contributed by atoms with van der Waals surface area (Å²) in [6, 6.07) is 0. The van der Waals surface area contributed by atoms with Crippen molar-refractivity contribution in [1.29, 1.82) is 0 Å². The van der Waals surface area contributed by atoms with Gasteiger partial charge in [-0.05, 0) is 13.3 Å². The lowest BCUT2D eigenvalue weighted by atomic mass is 10.3. The normalized spacial score (nSPS) is 34.6. The van der Waals surface area contributed by atoms with Crippen LogP contribution in [0.1, 0.15) is 13.3 Å². The van der Waals surface area contributed by atoms with E-state index in [4.69, 9.17) is 9.88 Å². The Balaban J connectivity index is 2.74. The average Bonchev–Trinajstić information content (AvgIpc) is 2.11. The number of hydrogen-bond donors (Lipinski definition) is 1. The molecule has 1 rings (SSSR count). The van der Waals surface area contributed by atoms with Crippen LogP contribution in [0.3, 0.4) is 0 Å². The van der Waals surface area contributed by atoms with Crippen LogP contribution in [-0.2, 0) is 14.8 Å². The van der Waals surface area contributed by atoms with Crippen molar-refractivity contribution in [1.82, 2.24) is 0 Å². The zero-order valence-corrected chi connectivity index (χ0v) is 6.60. The molecule has 0 aliphatic carbocycles. The summed E-state index contributed by atoms with van der Waals surface area (Å²) in [7, 11) is -3.38. The number of primary sulfonamides is 1. The number of sulfonamides is 1. The van der Waals surface area contributed by atoms with E-state index in [0.29, 0.717) is 13.0 Å². The third-order valence-electron chi connectivity index (χ3n) is 1.73. The van der Waals surface area contributed by atoms with Gasteiger partial charge in [-0.1, -0.05) is 0 Å². The first-order chi connectivity index (χ1) is 4.52. The molecular weight excluding hydrogens is 154 g/mol. The predicted molar refractivity (Wildman–Crippen MR) is 36.9 cm³/mol. The maximum atomic E-state index is 10.7. The van der Waals surface area contributed by atoms with E-state index in [0.717, 1.165) is 0 Å². The van der Waals surface area contributed by atoms with E-state index >= 15 is 0 Å². The van der Waals surface area contributed by atoms with Crippen LogP contribution in [-0.4, -0.2) is 26.4 Å². The summed E-state index contributed by atoms with van der Waals surface area (Å²) < 4.78 is 26.5. The van der Waals surface area contributed by atoms with Gasteiger partial charge in [0.25, 0.3) is 0 Å². The van der Waals surface area contributed by atoms with E-state index in [-0.39, 0.29) is 6.10 Å². The molecule has 1 saturated heterocycles. The number of rotatable bonds is 1. The smallest absolute Gasteiger partial charge is 0.214 e. The van der Waals surface area contributed by atoms with Gasteiger partial charge in [0.2, 0.25) is 10.0 Å². The van der Waals surface area contributed by atoms with Gasteiger partial charge >= 0.3 is 0 Å². The lowest BCUT2D eigenvalue weighted by molar-refractivity contribution is 0.126. The molecule has 2 atom stereocenters. The average molecular weight is 165 g/mol. The minimum absolute atomic E-state index is 0.241. The van der Waals surface area contributed by atoms with Gasteiger partial charge in [-0.25, -0.2) is 13.6 Å². The molecule has 2 unspecified atom stereocenters. The predicted octanol–water partition coefficient (Wildman–Crippen LogP) is -0.548. The summed E-state index contributed by atoms with van der Waals surface area (Å²) in [5, 5.41) is 4.43. The van der Waals surface area contributed by atoms with E-state index in [1.165, 1.54) is 0 Å². The Morgan fingerprint density at radius 3 is 2.40 bits per heavy atom. The van der Waals surface area contributed by atoms with Gasteiger partial charge in [-0.2, -0.15) is 0 Å². The summed E-state index contributed by atoms with van der Waals surface area (Å²) in [5.74, 6) is 0. The van der Waals surface area contributed by atoms with Gasteiger partial charge in [-0.3, -0.25) is 0 Å². The van der Waals surface area contributed by atoms with Gasteiger partial charge in [0.1, 0.15) is 5.25 Å². The summed E-state index contributed by atoms with van der Waals surface area (Å²) >= 11 is 0. The van der Waals surface area contributed by atoms with Crippen LogP contribution in [0.5, 0.6) is 0 Å². The van der Waals surface area contributed by atoms with Gasteiger partial charge in [-0.15, -0.1) is 0 Å². The molecule has 1 heterocycles. The number of hydrogen-bond acceptors (Lipinski definition) is 3. The molecule has 5 heteroatoms. The standard InChI is InChI=1S/C5H11NO3S/c1-4-5(2-3-9-4)10(6,7)8/h4-5H,2-3H2,1H3,(H2,6,7,8). The first-order valence-electron chi connectivity index (χ1n) is 3.15. The highest BCUT2D eigenvalue weighted by Gasteiger charge is 2.32. The fourth-order valence-electron chi connectivity index (χ4n) is 1.14. The second-order valence-electron chi connectivity index (χ2n) is 2.49. The van der Waals surface area contributed by atoms with Crippen LogP contribution in [0, 0.1) is 0 Å². The van der Waals surface area contributed by atoms with Gasteiger partial charge in [0, 0.05) is 6.61 Å². The van der Waals surface area contributed by atoms with E-state index in [9.17, 15) is 8.42 Å². The van der Waals surface area contributed by atoms with Crippen molar-refractivity contribution >= 4 is 10.0 Å². The zero-order valence-electron chi connectivity index (χ0n) is 5.78. The van der Waals surface area contributed by atoms with Crippen LogP contribution in [0.4, 0.5) is 0 Å². The molecular formula is C5H11NO3S. The van der Waals surface area contributed by atoms with Gasteiger partial charge < -0.3 is 4.74 Å². The summed E-state index contributed by atoms with van der Waals surface area (Å²) in [5.41, 5.74) is 0. The molecule has 1 aliphatic heterocycles. The van der Waals surface area contributed by atoms with E-state index in [1.54, 1.807) is 6.92 Å². The van der Waals surface area contributed by atoms with Crippen LogP contribution in [0.15, 0.2) is 0 Å². The Morgan fingerprint density at radius 2 is 2.20 bits per heavy atom. The summed E-state index contributed by atoms with van der Waals surface area (Å²) in [6.45, 7) is 2.23. The monoisotopic (exact) mass is 165 g/mol. The molecule has 0 aromatic carbocycles. The molecule has 0 aromatic heterocycles. The fraction of sp³-hybridized carbons (Fsp3) is 1.00. The van der Waals surface area contributed by atoms with Gasteiger partial charge in [0.15, 0.2) is 0 Å². The van der Waals surface area contributed by atoms with Crippen molar-refractivity contribution in [3.63, 3.8) is 0 Å². The minimum atomic E-state index is -3.38. The minimum Gasteiger partial charge on any atom is -0.377 e. The molecule has 0 bridgehead atoms. The Kier molecular flexibility index (Phi) is 1.98. The maximum absolute atomic E-state index is 10.7. The number of nitrogens with two attached hydrogens (primary N) is 1. The summed E-state index contributed by atoms with van der Waals surface area (Å²) in [4.78, 5) is 0. The largest absolute Gasteiger partial charge is 0.377 e. The molecule has 1 fully saturated rings. The second-order valence-corrected chi connectivity index (χ2v) is 4.28. The van der Waals surface area contributed by atoms with E-state index < -0.39 is 15.3 Å². The van der Waals surface area contributed by atoms with Crippen LogP contribution < -0.4 is 5.14 Å². The molecule has 1 aliphatic rings. The number of ether oxygens (including phenoxy) is 1. The van der Waals surface area contributed by atoms with E-state index in [2.05, 4.69) is 0 Å². The Morgan fingerprint density at radius 1 is 1.60 bits per heavy atom. The molecule has 4 nitrogen and oxygen atoms in total. The molecule has 10 heavy (non-hydrogen) atoms. The SMILES string of the molecule is CC1OCCC1S(N)(=O)=O. The second kappa shape index (κ2) is 2.48. The van der Waals surface area contributed by atoms with Crippen molar-refractivity contribution in [2.75, 3.05) is 6.61 Å². The molecule has 2 N–H and O–H groups in total.